The highest BCUT2D eigenvalue weighted by Crippen LogP contribution is 2.23. The second-order valence-electron chi connectivity index (χ2n) is 4.82. The molecule has 0 fully saturated rings. The number of hydrogen-bond donors (Lipinski definition) is 1. The summed E-state index contributed by atoms with van der Waals surface area (Å²) in [4.78, 5) is 22.5. The summed E-state index contributed by atoms with van der Waals surface area (Å²) in [5, 5.41) is 9.29. The van der Waals surface area contributed by atoms with E-state index in [1.807, 2.05) is 0 Å². The van der Waals surface area contributed by atoms with Crippen LogP contribution in [0.25, 0.3) is 0 Å². The maximum Gasteiger partial charge on any atom is 0.344 e. The maximum absolute atomic E-state index is 11.3. The van der Waals surface area contributed by atoms with Crippen molar-refractivity contribution in [3.8, 4) is 11.5 Å². The van der Waals surface area contributed by atoms with Crippen LogP contribution >= 0.6 is 0 Å². The zero-order valence-corrected chi connectivity index (χ0v) is 14.1. The minimum Gasteiger partial charge on any atom is -0.493 e. The van der Waals surface area contributed by atoms with E-state index in [-0.39, 0.29) is 32.2 Å². The molecule has 24 heavy (non-hydrogen) atoms. The van der Waals surface area contributed by atoms with E-state index in [9.17, 15) is 14.7 Å². The molecule has 0 atom stereocenters. The van der Waals surface area contributed by atoms with Crippen LogP contribution in [0.3, 0.4) is 0 Å². The van der Waals surface area contributed by atoms with E-state index in [2.05, 4.69) is 0 Å². The van der Waals surface area contributed by atoms with Gasteiger partial charge in [-0.05, 0) is 38.0 Å². The average molecular weight is 340 g/mol. The van der Waals surface area contributed by atoms with Crippen molar-refractivity contribution in [2.45, 2.75) is 33.3 Å². The van der Waals surface area contributed by atoms with Gasteiger partial charge >= 0.3 is 11.9 Å². The van der Waals surface area contributed by atoms with E-state index in [1.165, 1.54) is 0 Å². The lowest BCUT2D eigenvalue weighted by atomic mass is 10.2. The van der Waals surface area contributed by atoms with Crippen LogP contribution < -0.4 is 9.47 Å². The minimum absolute atomic E-state index is 0.185. The van der Waals surface area contributed by atoms with Crippen molar-refractivity contribution in [3.63, 3.8) is 0 Å². The Balaban J connectivity index is 2.52. The Labute approximate surface area is 141 Å². The minimum atomic E-state index is -0.469. The van der Waals surface area contributed by atoms with Gasteiger partial charge in [-0.15, -0.1) is 0 Å². The summed E-state index contributed by atoms with van der Waals surface area (Å²) in [5.74, 6) is 0.159. The van der Waals surface area contributed by atoms with Crippen molar-refractivity contribution < 1.29 is 33.6 Å². The van der Waals surface area contributed by atoms with Gasteiger partial charge in [0.15, 0.2) is 6.61 Å². The smallest absolute Gasteiger partial charge is 0.344 e. The molecule has 1 aromatic carbocycles. The van der Waals surface area contributed by atoms with E-state index in [0.717, 1.165) is 0 Å². The molecule has 0 heterocycles. The van der Waals surface area contributed by atoms with Crippen LogP contribution in [0.15, 0.2) is 18.2 Å². The Kier molecular flexibility index (Phi) is 9.29. The number of rotatable bonds is 11. The van der Waals surface area contributed by atoms with Gasteiger partial charge in [0.1, 0.15) is 11.5 Å². The van der Waals surface area contributed by atoms with Gasteiger partial charge in [0, 0.05) is 12.5 Å². The number of aliphatic hydroxyl groups is 1. The molecule has 0 spiro atoms. The number of benzene rings is 1. The molecular formula is C17H24O7. The first-order valence-corrected chi connectivity index (χ1v) is 7.90. The molecule has 0 aliphatic heterocycles. The molecule has 0 saturated heterocycles. The SMILES string of the molecule is CCOC(=O)CCCOc1cc(CO)cc(OCC(=O)OCC)c1. The third-order valence-corrected chi connectivity index (χ3v) is 2.88. The second kappa shape index (κ2) is 11.3. The van der Waals surface area contributed by atoms with Gasteiger partial charge in [-0.25, -0.2) is 4.79 Å². The highest BCUT2D eigenvalue weighted by molar-refractivity contribution is 5.71. The third kappa shape index (κ3) is 7.82. The molecule has 0 aliphatic rings. The molecule has 0 aromatic heterocycles. The Bertz CT molecular complexity index is 528. The Hall–Kier alpha value is -2.28. The van der Waals surface area contributed by atoms with Gasteiger partial charge in [0.05, 0.1) is 26.4 Å². The van der Waals surface area contributed by atoms with Crippen LogP contribution in [0.4, 0.5) is 0 Å². The number of hydrogen-bond acceptors (Lipinski definition) is 7. The van der Waals surface area contributed by atoms with Crippen molar-refractivity contribution in [2.24, 2.45) is 0 Å². The summed E-state index contributed by atoms with van der Waals surface area (Å²) >= 11 is 0. The quantitative estimate of drug-likeness (QED) is 0.485. The van der Waals surface area contributed by atoms with Crippen LogP contribution in [-0.4, -0.2) is 43.5 Å². The molecule has 1 aromatic rings. The van der Waals surface area contributed by atoms with Gasteiger partial charge < -0.3 is 24.1 Å². The molecule has 7 heteroatoms. The van der Waals surface area contributed by atoms with Crippen molar-refractivity contribution in [1.82, 2.24) is 0 Å². The van der Waals surface area contributed by atoms with Crippen LogP contribution in [0.5, 0.6) is 11.5 Å². The molecule has 0 amide bonds. The lowest BCUT2D eigenvalue weighted by Crippen LogP contribution is -2.14. The van der Waals surface area contributed by atoms with Gasteiger partial charge in [0.25, 0.3) is 0 Å². The lowest BCUT2D eigenvalue weighted by molar-refractivity contribution is -0.145. The summed E-state index contributed by atoms with van der Waals surface area (Å²) < 4.78 is 20.5. The predicted molar refractivity (Wildman–Crippen MR) is 85.9 cm³/mol. The highest BCUT2D eigenvalue weighted by atomic mass is 16.6. The molecule has 0 aliphatic carbocycles. The number of aliphatic hydroxyl groups excluding tert-OH is 1. The fourth-order valence-corrected chi connectivity index (χ4v) is 1.87. The Morgan fingerprint density at radius 2 is 1.58 bits per heavy atom. The Morgan fingerprint density at radius 3 is 2.21 bits per heavy atom. The molecule has 1 rings (SSSR count). The normalized spacial score (nSPS) is 10.1. The van der Waals surface area contributed by atoms with Crippen LogP contribution in [0, 0.1) is 0 Å². The molecule has 1 N–H and O–H groups in total. The zero-order chi connectivity index (χ0) is 17.8. The molecule has 7 nitrogen and oxygen atoms in total. The average Bonchev–Trinajstić information content (AvgIpc) is 2.57. The monoisotopic (exact) mass is 340 g/mol. The van der Waals surface area contributed by atoms with Crippen LogP contribution in [0.2, 0.25) is 0 Å². The van der Waals surface area contributed by atoms with Gasteiger partial charge in [-0.1, -0.05) is 0 Å². The molecule has 0 unspecified atom stereocenters. The molecule has 0 bridgehead atoms. The van der Waals surface area contributed by atoms with Crippen molar-refractivity contribution in [3.05, 3.63) is 23.8 Å². The molecule has 0 saturated carbocycles. The largest absolute Gasteiger partial charge is 0.493 e. The second-order valence-corrected chi connectivity index (χ2v) is 4.82. The number of ether oxygens (including phenoxy) is 4. The van der Waals surface area contributed by atoms with Gasteiger partial charge in [-0.2, -0.15) is 0 Å². The lowest BCUT2D eigenvalue weighted by Gasteiger charge is -2.11. The molecule has 0 radical (unpaired) electrons. The maximum atomic E-state index is 11.3. The van der Waals surface area contributed by atoms with E-state index < -0.39 is 5.97 Å². The first-order valence-electron chi connectivity index (χ1n) is 7.90. The Morgan fingerprint density at radius 1 is 0.958 bits per heavy atom. The van der Waals surface area contributed by atoms with Crippen molar-refractivity contribution in [1.29, 1.82) is 0 Å². The van der Waals surface area contributed by atoms with Crippen LogP contribution in [-0.2, 0) is 25.7 Å². The van der Waals surface area contributed by atoms with Crippen molar-refractivity contribution >= 4 is 11.9 Å². The molecular weight excluding hydrogens is 316 g/mol. The third-order valence-electron chi connectivity index (χ3n) is 2.88. The highest BCUT2D eigenvalue weighted by Gasteiger charge is 2.07. The molecule has 134 valence electrons. The van der Waals surface area contributed by atoms with E-state index >= 15 is 0 Å². The number of carbonyl (C=O) groups is 2. The van der Waals surface area contributed by atoms with Crippen molar-refractivity contribution in [2.75, 3.05) is 26.4 Å². The summed E-state index contributed by atoms with van der Waals surface area (Å²) in [6.45, 7) is 4.04. The number of carbonyl (C=O) groups excluding carboxylic acids is 2. The first kappa shape index (κ1) is 19.8. The fraction of sp³-hybridized carbons (Fsp3) is 0.529. The summed E-state index contributed by atoms with van der Waals surface area (Å²) in [5.41, 5.74) is 0.594. The summed E-state index contributed by atoms with van der Waals surface area (Å²) in [6.07, 6.45) is 0.793. The van der Waals surface area contributed by atoms with E-state index in [4.69, 9.17) is 18.9 Å². The number of esters is 2. The fourth-order valence-electron chi connectivity index (χ4n) is 1.87. The van der Waals surface area contributed by atoms with Gasteiger partial charge in [-0.3, -0.25) is 4.79 Å². The predicted octanol–water partition coefficient (Wildman–Crippen LogP) is 1.84. The first-order chi connectivity index (χ1) is 11.6. The summed E-state index contributed by atoms with van der Waals surface area (Å²) in [6, 6.07) is 4.90. The standard InChI is InChI=1S/C17H24O7/c1-3-21-16(19)6-5-7-23-14-8-13(11-18)9-15(10-14)24-12-17(20)22-4-2/h8-10,18H,3-7,11-12H2,1-2H3. The zero-order valence-electron chi connectivity index (χ0n) is 14.1. The van der Waals surface area contributed by atoms with E-state index in [1.54, 1.807) is 32.0 Å². The van der Waals surface area contributed by atoms with Gasteiger partial charge in [0.2, 0.25) is 0 Å². The topological polar surface area (TPSA) is 91.3 Å². The summed E-state index contributed by atoms with van der Waals surface area (Å²) in [7, 11) is 0. The van der Waals surface area contributed by atoms with E-state index in [0.29, 0.717) is 36.7 Å². The van der Waals surface area contributed by atoms with Crippen LogP contribution in [0.1, 0.15) is 32.3 Å².